The molecule has 1 aromatic rings. The van der Waals surface area contributed by atoms with Crippen LogP contribution in [0, 0.1) is 5.92 Å². The third kappa shape index (κ3) is 1.35. The molecule has 0 bridgehead atoms. The van der Waals surface area contributed by atoms with Crippen LogP contribution in [0.1, 0.15) is 0 Å². The lowest BCUT2D eigenvalue weighted by Crippen LogP contribution is -2.34. The molecule has 0 aromatic carbocycles. The highest BCUT2D eigenvalue weighted by atomic mass is 32.1. The van der Waals surface area contributed by atoms with E-state index in [2.05, 4.69) is 9.73 Å². The quantitative estimate of drug-likeness (QED) is 0.462. The van der Waals surface area contributed by atoms with E-state index < -0.39 is 17.8 Å². The first-order valence-corrected chi connectivity index (χ1v) is 4.86. The first kappa shape index (κ1) is 9.08. The van der Waals surface area contributed by atoms with Gasteiger partial charge in [-0.3, -0.25) is 9.59 Å². The van der Waals surface area contributed by atoms with Crippen molar-refractivity contribution >= 4 is 29.3 Å². The Hall–Kier alpha value is -1.49. The highest BCUT2D eigenvalue weighted by molar-refractivity contribution is 7.07. The maximum atomic E-state index is 11.4. The number of amides is 1. The molecule has 72 valence electrons. The van der Waals surface area contributed by atoms with Gasteiger partial charge >= 0.3 is 5.97 Å². The first-order valence-electron chi connectivity index (χ1n) is 3.98. The van der Waals surface area contributed by atoms with Crippen molar-refractivity contribution in [2.24, 2.45) is 10.9 Å². The van der Waals surface area contributed by atoms with Gasteiger partial charge in [-0.25, -0.2) is 4.99 Å². The highest BCUT2D eigenvalue weighted by Crippen LogP contribution is 2.06. The van der Waals surface area contributed by atoms with Crippen LogP contribution < -0.4 is 9.89 Å². The molecule has 1 amide bonds. The van der Waals surface area contributed by atoms with E-state index in [4.69, 9.17) is 0 Å². The van der Waals surface area contributed by atoms with Crippen molar-refractivity contribution in [1.29, 1.82) is 0 Å². The Morgan fingerprint density at radius 3 is 3.14 bits per heavy atom. The Labute approximate surface area is 83.5 Å². The molecule has 0 N–H and O–H groups in total. The summed E-state index contributed by atoms with van der Waals surface area (Å²) >= 11 is 1.38. The molecule has 2 rings (SSSR count). The normalized spacial score (nSPS) is 19.2. The standard InChI is InChI=1S/C9H7NO3S/c1-13-9(12)6-4-5-2-3-14-8(5)10-7(6)11/h2-4,6H,1H3. The highest BCUT2D eigenvalue weighted by Gasteiger charge is 2.26. The monoisotopic (exact) mass is 209 g/mol. The zero-order valence-corrected chi connectivity index (χ0v) is 8.21. The van der Waals surface area contributed by atoms with Crippen molar-refractivity contribution in [3.8, 4) is 0 Å². The molecule has 1 aliphatic heterocycles. The number of methoxy groups -OCH3 is 1. The van der Waals surface area contributed by atoms with Crippen LogP contribution in [0.5, 0.6) is 0 Å². The minimum absolute atomic E-state index is 0.452. The molecule has 0 radical (unpaired) electrons. The molecule has 1 aliphatic rings. The average Bonchev–Trinajstić information content (AvgIpc) is 2.62. The van der Waals surface area contributed by atoms with E-state index >= 15 is 0 Å². The van der Waals surface area contributed by atoms with Gasteiger partial charge in [-0.15, -0.1) is 11.3 Å². The SMILES string of the molecule is COC(=O)C1C=c2ccsc2=NC1=O. The van der Waals surface area contributed by atoms with E-state index in [1.165, 1.54) is 18.4 Å². The van der Waals surface area contributed by atoms with Gasteiger partial charge in [-0.05, 0) is 11.4 Å². The van der Waals surface area contributed by atoms with Crippen molar-refractivity contribution in [2.75, 3.05) is 7.11 Å². The van der Waals surface area contributed by atoms with Crippen LogP contribution in [0.4, 0.5) is 0 Å². The van der Waals surface area contributed by atoms with Gasteiger partial charge in [-0.1, -0.05) is 6.08 Å². The lowest BCUT2D eigenvalue weighted by Gasteiger charge is -2.07. The van der Waals surface area contributed by atoms with E-state index in [0.717, 1.165) is 5.22 Å². The van der Waals surface area contributed by atoms with Crippen molar-refractivity contribution < 1.29 is 14.3 Å². The summed E-state index contributed by atoms with van der Waals surface area (Å²) < 4.78 is 5.17. The first-order chi connectivity index (χ1) is 6.72. The Bertz CT molecular complexity index is 502. The summed E-state index contributed by atoms with van der Waals surface area (Å²) in [5, 5.41) is 2.66. The van der Waals surface area contributed by atoms with E-state index in [0.29, 0.717) is 4.67 Å². The second kappa shape index (κ2) is 3.34. The van der Waals surface area contributed by atoms with Gasteiger partial charge in [0.05, 0.1) is 7.11 Å². The molecule has 0 aliphatic carbocycles. The Balaban J connectivity index is 2.52. The van der Waals surface area contributed by atoms with Crippen LogP contribution in [0.2, 0.25) is 0 Å². The minimum Gasteiger partial charge on any atom is -0.468 e. The van der Waals surface area contributed by atoms with Crippen LogP contribution >= 0.6 is 11.3 Å². The molecule has 2 heterocycles. The van der Waals surface area contributed by atoms with Crippen molar-refractivity contribution in [1.82, 2.24) is 0 Å². The number of ether oxygens (including phenoxy) is 1. The molecule has 5 heteroatoms. The van der Waals surface area contributed by atoms with Gasteiger partial charge < -0.3 is 4.74 Å². The molecule has 0 fully saturated rings. The van der Waals surface area contributed by atoms with Crippen LogP contribution in [-0.2, 0) is 14.3 Å². The molecule has 1 aromatic heterocycles. The lowest BCUT2D eigenvalue weighted by molar-refractivity contribution is -0.146. The number of rotatable bonds is 1. The van der Waals surface area contributed by atoms with Gasteiger partial charge in [-0.2, -0.15) is 0 Å². The van der Waals surface area contributed by atoms with Gasteiger partial charge in [0.2, 0.25) is 0 Å². The topological polar surface area (TPSA) is 55.7 Å². The number of fused-ring (bicyclic) bond motifs is 1. The van der Waals surface area contributed by atoms with E-state index in [9.17, 15) is 9.59 Å². The molecule has 0 saturated heterocycles. The summed E-state index contributed by atoms with van der Waals surface area (Å²) in [7, 11) is 1.26. The summed E-state index contributed by atoms with van der Waals surface area (Å²) in [5.41, 5.74) is 0. The fourth-order valence-corrected chi connectivity index (χ4v) is 2.00. The van der Waals surface area contributed by atoms with Gasteiger partial charge in [0, 0.05) is 5.22 Å². The molecular weight excluding hydrogens is 202 g/mol. The van der Waals surface area contributed by atoms with Crippen molar-refractivity contribution in [2.45, 2.75) is 0 Å². The van der Waals surface area contributed by atoms with E-state index in [1.807, 2.05) is 11.4 Å². The van der Waals surface area contributed by atoms with Crippen LogP contribution in [0.15, 0.2) is 16.4 Å². The number of hydrogen-bond acceptors (Lipinski definition) is 4. The lowest BCUT2D eigenvalue weighted by atomic mass is 10.1. The number of esters is 1. The average molecular weight is 209 g/mol. The fraction of sp³-hybridized carbons (Fsp3) is 0.222. The summed E-state index contributed by atoms with van der Waals surface area (Å²) in [5.74, 6) is -1.88. The zero-order valence-electron chi connectivity index (χ0n) is 7.39. The second-order valence-electron chi connectivity index (χ2n) is 2.80. The molecule has 1 atom stereocenters. The molecule has 14 heavy (non-hydrogen) atoms. The Morgan fingerprint density at radius 1 is 1.64 bits per heavy atom. The van der Waals surface area contributed by atoms with Crippen LogP contribution in [-0.4, -0.2) is 19.0 Å². The molecule has 0 saturated carbocycles. The van der Waals surface area contributed by atoms with Crippen molar-refractivity contribution in [3.05, 3.63) is 21.3 Å². The summed E-state index contributed by atoms with van der Waals surface area (Å²) in [6.45, 7) is 0. The summed E-state index contributed by atoms with van der Waals surface area (Å²) in [4.78, 5) is 26.3. The maximum Gasteiger partial charge on any atom is 0.322 e. The predicted octanol–water partition coefficient (Wildman–Crippen LogP) is -0.522. The van der Waals surface area contributed by atoms with Crippen molar-refractivity contribution in [3.63, 3.8) is 0 Å². The smallest absolute Gasteiger partial charge is 0.322 e. The van der Waals surface area contributed by atoms with Crippen LogP contribution in [0.3, 0.4) is 0 Å². The predicted molar refractivity (Wildman–Crippen MR) is 50.1 cm³/mol. The largest absolute Gasteiger partial charge is 0.468 e. The van der Waals surface area contributed by atoms with Gasteiger partial charge in [0.25, 0.3) is 5.91 Å². The number of nitrogens with zero attached hydrogens (tertiary/aromatic N) is 1. The number of carbonyl (C=O) groups excluding carboxylic acids is 2. The second-order valence-corrected chi connectivity index (χ2v) is 3.69. The minimum atomic E-state index is -0.873. The molecule has 0 spiro atoms. The third-order valence-corrected chi connectivity index (χ3v) is 2.78. The van der Waals surface area contributed by atoms with E-state index in [1.54, 1.807) is 6.08 Å². The third-order valence-electron chi connectivity index (χ3n) is 1.95. The molecule has 1 unspecified atom stereocenters. The Kier molecular flexibility index (Phi) is 2.17. The number of thiophene rings is 1. The van der Waals surface area contributed by atoms with E-state index in [-0.39, 0.29) is 0 Å². The zero-order chi connectivity index (χ0) is 10.1. The summed E-state index contributed by atoms with van der Waals surface area (Å²) in [6.07, 6.45) is 1.59. The van der Waals surface area contributed by atoms with Crippen LogP contribution in [0.25, 0.3) is 6.08 Å². The van der Waals surface area contributed by atoms with Gasteiger partial charge in [0.1, 0.15) is 4.67 Å². The molecular formula is C9H7NO3S. The molecule has 4 nitrogen and oxygen atoms in total. The number of hydrogen-bond donors (Lipinski definition) is 0. The maximum absolute atomic E-state index is 11.4. The summed E-state index contributed by atoms with van der Waals surface area (Å²) in [6, 6.07) is 1.83. The Morgan fingerprint density at radius 2 is 2.43 bits per heavy atom. The fourth-order valence-electron chi connectivity index (χ4n) is 1.25. The number of carbonyl (C=O) groups is 2. The van der Waals surface area contributed by atoms with Gasteiger partial charge in [0.15, 0.2) is 5.92 Å².